The number of nitrogens with zero attached hydrogens (tertiary/aromatic N) is 1. The lowest BCUT2D eigenvalue weighted by molar-refractivity contribution is -0.121. The van der Waals surface area contributed by atoms with Crippen molar-refractivity contribution in [2.24, 2.45) is 0 Å². The number of benzene rings is 1. The number of fused-ring (bicyclic) bond motifs is 1. The molecule has 1 aromatic carbocycles. The first-order valence-corrected chi connectivity index (χ1v) is 7.91. The van der Waals surface area contributed by atoms with Crippen molar-refractivity contribution < 1.29 is 19.1 Å². The standard InChI is InChI=1S/C17H20N2O4/c1-11-4-5-13-14(9-11)17(22)19(16(13)21)7-6-15(20)18-10-12-3-2-8-23-12/h4-5,9,12H,2-3,6-8,10H2,1H3,(H,18,20). The second-order valence-corrected chi connectivity index (χ2v) is 6.00. The van der Waals surface area contributed by atoms with Gasteiger partial charge in [0.25, 0.3) is 11.8 Å². The molecule has 1 saturated heterocycles. The van der Waals surface area contributed by atoms with Gasteiger partial charge in [0.05, 0.1) is 17.2 Å². The molecule has 6 heteroatoms. The number of amides is 3. The highest BCUT2D eigenvalue weighted by molar-refractivity contribution is 6.21. The summed E-state index contributed by atoms with van der Waals surface area (Å²) in [4.78, 5) is 37.6. The third-order valence-electron chi connectivity index (χ3n) is 4.24. The molecule has 23 heavy (non-hydrogen) atoms. The Morgan fingerprint density at radius 2 is 2.09 bits per heavy atom. The third kappa shape index (κ3) is 3.27. The predicted octanol–water partition coefficient (Wildman–Crippen LogP) is 1.28. The lowest BCUT2D eigenvalue weighted by Gasteiger charge is -2.14. The average Bonchev–Trinajstić information content (AvgIpc) is 3.12. The predicted molar refractivity (Wildman–Crippen MR) is 83.1 cm³/mol. The number of carbonyl (C=O) groups excluding carboxylic acids is 3. The van der Waals surface area contributed by atoms with E-state index in [2.05, 4.69) is 5.32 Å². The van der Waals surface area contributed by atoms with E-state index < -0.39 is 0 Å². The van der Waals surface area contributed by atoms with E-state index in [1.807, 2.05) is 13.0 Å². The molecule has 3 amide bonds. The van der Waals surface area contributed by atoms with Crippen LogP contribution in [-0.4, -0.2) is 48.4 Å². The van der Waals surface area contributed by atoms with Gasteiger partial charge in [0, 0.05) is 26.1 Å². The molecule has 3 rings (SSSR count). The average molecular weight is 316 g/mol. The van der Waals surface area contributed by atoms with E-state index in [1.54, 1.807) is 12.1 Å². The van der Waals surface area contributed by atoms with Crippen LogP contribution in [-0.2, 0) is 9.53 Å². The molecule has 1 N–H and O–H groups in total. The first kappa shape index (κ1) is 15.7. The van der Waals surface area contributed by atoms with Crippen molar-refractivity contribution in [2.45, 2.75) is 32.3 Å². The molecule has 0 aliphatic carbocycles. The van der Waals surface area contributed by atoms with Crippen LogP contribution in [0.25, 0.3) is 0 Å². The van der Waals surface area contributed by atoms with Gasteiger partial charge in [-0.1, -0.05) is 11.6 Å². The van der Waals surface area contributed by atoms with Gasteiger partial charge in [-0.2, -0.15) is 0 Å². The Morgan fingerprint density at radius 3 is 2.83 bits per heavy atom. The summed E-state index contributed by atoms with van der Waals surface area (Å²) < 4.78 is 5.44. The Kier molecular flexibility index (Phi) is 4.43. The van der Waals surface area contributed by atoms with Gasteiger partial charge in [-0.05, 0) is 31.9 Å². The molecule has 0 saturated carbocycles. The molecule has 6 nitrogen and oxygen atoms in total. The second-order valence-electron chi connectivity index (χ2n) is 6.00. The number of rotatable bonds is 5. The van der Waals surface area contributed by atoms with E-state index >= 15 is 0 Å². The smallest absolute Gasteiger partial charge is 0.261 e. The largest absolute Gasteiger partial charge is 0.376 e. The van der Waals surface area contributed by atoms with E-state index in [9.17, 15) is 14.4 Å². The van der Waals surface area contributed by atoms with Gasteiger partial charge >= 0.3 is 0 Å². The Labute approximate surface area is 134 Å². The van der Waals surface area contributed by atoms with Crippen LogP contribution in [0.15, 0.2) is 18.2 Å². The van der Waals surface area contributed by atoms with Crippen molar-refractivity contribution in [3.63, 3.8) is 0 Å². The summed E-state index contributed by atoms with van der Waals surface area (Å²) in [6.45, 7) is 3.21. The highest BCUT2D eigenvalue weighted by Gasteiger charge is 2.35. The van der Waals surface area contributed by atoms with E-state index in [4.69, 9.17) is 4.74 Å². The molecule has 0 aromatic heterocycles. The van der Waals surface area contributed by atoms with Crippen LogP contribution in [0.4, 0.5) is 0 Å². The fourth-order valence-corrected chi connectivity index (χ4v) is 2.94. The Balaban J connectivity index is 1.53. The monoisotopic (exact) mass is 316 g/mol. The van der Waals surface area contributed by atoms with Crippen LogP contribution < -0.4 is 5.32 Å². The van der Waals surface area contributed by atoms with E-state index in [-0.39, 0.29) is 36.8 Å². The minimum absolute atomic E-state index is 0.0845. The van der Waals surface area contributed by atoms with Gasteiger partial charge in [-0.15, -0.1) is 0 Å². The van der Waals surface area contributed by atoms with Crippen molar-refractivity contribution in [1.29, 1.82) is 0 Å². The summed E-state index contributed by atoms with van der Waals surface area (Å²) in [5.74, 6) is -0.814. The SMILES string of the molecule is Cc1ccc2c(c1)C(=O)N(CCC(=O)NCC1CCCO1)C2=O. The van der Waals surface area contributed by atoms with Gasteiger partial charge in [-0.25, -0.2) is 0 Å². The molecule has 1 atom stereocenters. The fourth-order valence-electron chi connectivity index (χ4n) is 2.94. The minimum atomic E-state index is -0.322. The zero-order valence-corrected chi connectivity index (χ0v) is 13.1. The summed E-state index contributed by atoms with van der Waals surface area (Å²) in [6, 6.07) is 5.19. The maximum absolute atomic E-state index is 12.3. The Bertz CT molecular complexity index is 650. The number of nitrogens with one attached hydrogen (secondary N) is 1. The van der Waals surface area contributed by atoms with Crippen molar-refractivity contribution in [2.75, 3.05) is 19.7 Å². The van der Waals surface area contributed by atoms with E-state index in [0.29, 0.717) is 17.7 Å². The van der Waals surface area contributed by atoms with Gasteiger partial charge in [0.15, 0.2) is 0 Å². The maximum atomic E-state index is 12.3. The number of hydrogen-bond acceptors (Lipinski definition) is 4. The number of imide groups is 1. The lowest BCUT2D eigenvalue weighted by Crippen LogP contribution is -2.36. The molecular weight excluding hydrogens is 296 g/mol. The molecule has 122 valence electrons. The number of carbonyl (C=O) groups is 3. The molecule has 1 aromatic rings. The van der Waals surface area contributed by atoms with Gasteiger partial charge in [-0.3, -0.25) is 19.3 Å². The summed E-state index contributed by atoms with van der Waals surface area (Å²) in [7, 11) is 0. The maximum Gasteiger partial charge on any atom is 0.261 e. The Hall–Kier alpha value is -2.21. The lowest BCUT2D eigenvalue weighted by atomic mass is 10.1. The number of aryl methyl sites for hydroxylation is 1. The van der Waals surface area contributed by atoms with E-state index in [1.165, 1.54) is 0 Å². The Morgan fingerprint density at radius 1 is 1.30 bits per heavy atom. The normalized spacial score (nSPS) is 20.0. The third-order valence-corrected chi connectivity index (χ3v) is 4.24. The van der Waals surface area contributed by atoms with Crippen LogP contribution >= 0.6 is 0 Å². The summed E-state index contributed by atoms with van der Waals surface area (Å²) in [5, 5.41) is 2.80. The zero-order valence-electron chi connectivity index (χ0n) is 13.1. The van der Waals surface area contributed by atoms with Gasteiger partial charge in [0.1, 0.15) is 0 Å². The summed E-state index contributed by atoms with van der Waals surface area (Å²) in [6.07, 6.45) is 2.17. The highest BCUT2D eigenvalue weighted by atomic mass is 16.5. The molecule has 0 bridgehead atoms. The number of ether oxygens (including phenoxy) is 1. The molecule has 0 spiro atoms. The van der Waals surface area contributed by atoms with Crippen LogP contribution in [0.3, 0.4) is 0 Å². The number of hydrogen-bond donors (Lipinski definition) is 1. The van der Waals surface area contributed by atoms with Crippen LogP contribution in [0, 0.1) is 6.92 Å². The van der Waals surface area contributed by atoms with Gasteiger partial charge < -0.3 is 10.1 Å². The van der Waals surface area contributed by atoms with Crippen molar-refractivity contribution >= 4 is 17.7 Å². The van der Waals surface area contributed by atoms with Crippen LogP contribution in [0.2, 0.25) is 0 Å². The molecule has 0 radical (unpaired) electrons. The summed E-state index contributed by atoms with van der Waals surface area (Å²) >= 11 is 0. The molecule has 1 fully saturated rings. The van der Waals surface area contributed by atoms with Gasteiger partial charge in [0.2, 0.25) is 5.91 Å². The molecule has 2 aliphatic heterocycles. The van der Waals surface area contributed by atoms with Crippen LogP contribution in [0.1, 0.15) is 45.5 Å². The molecule has 2 aliphatic rings. The topological polar surface area (TPSA) is 75.7 Å². The van der Waals surface area contributed by atoms with Crippen molar-refractivity contribution in [3.05, 3.63) is 34.9 Å². The second kappa shape index (κ2) is 6.50. The van der Waals surface area contributed by atoms with Crippen LogP contribution in [0.5, 0.6) is 0 Å². The molecular formula is C17H20N2O4. The zero-order chi connectivity index (χ0) is 16.4. The molecule has 1 unspecified atom stereocenters. The first-order valence-electron chi connectivity index (χ1n) is 7.91. The first-order chi connectivity index (χ1) is 11.1. The van der Waals surface area contributed by atoms with Crippen molar-refractivity contribution in [3.8, 4) is 0 Å². The quantitative estimate of drug-likeness (QED) is 0.830. The minimum Gasteiger partial charge on any atom is -0.376 e. The van der Waals surface area contributed by atoms with E-state index in [0.717, 1.165) is 29.9 Å². The molecule has 2 heterocycles. The fraction of sp³-hybridized carbons (Fsp3) is 0.471. The summed E-state index contributed by atoms with van der Waals surface area (Å²) in [5.41, 5.74) is 1.77. The van der Waals surface area contributed by atoms with Crippen molar-refractivity contribution in [1.82, 2.24) is 10.2 Å². The highest BCUT2D eigenvalue weighted by Crippen LogP contribution is 2.23.